The number of aromatic amines is 1. The van der Waals surface area contributed by atoms with Crippen LogP contribution in [0.25, 0.3) is 11.0 Å². The molecule has 0 saturated carbocycles. The second-order valence-corrected chi connectivity index (χ2v) is 6.94. The summed E-state index contributed by atoms with van der Waals surface area (Å²) in [7, 11) is 0. The molecule has 1 atom stereocenters. The van der Waals surface area contributed by atoms with Crippen molar-refractivity contribution in [2.75, 3.05) is 4.90 Å². The molecule has 2 heterocycles. The highest BCUT2D eigenvalue weighted by molar-refractivity contribution is 7.99. The molecule has 126 valence electrons. The number of aromatic nitrogens is 2. The molecule has 2 aromatic carbocycles. The number of hydrogen-bond donors (Lipinski definition) is 1. The standard InChI is InChI=1S/C18H14FN3O2S/c19-11-4-3-5-12(8-11)22-17(23)9-15(18(22)24)25-10-16-20-13-6-1-2-7-14(13)21-16/h1-8,15H,9-10H2,(H,20,21)/t15-/m1/s1. The first kappa shape index (κ1) is 15.8. The number of nitrogens with zero attached hydrogens (tertiary/aromatic N) is 2. The maximum atomic E-state index is 13.4. The smallest absolute Gasteiger partial charge is 0.247 e. The Morgan fingerprint density at radius 3 is 2.84 bits per heavy atom. The van der Waals surface area contributed by atoms with Gasteiger partial charge in [-0.3, -0.25) is 9.59 Å². The number of imidazole rings is 1. The Morgan fingerprint density at radius 1 is 1.20 bits per heavy atom. The first-order valence-corrected chi connectivity index (χ1v) is 8.84. The van der Waals surface area contributed by atoms with E-state index >= 15 is 0 Å². The number of fused-ring (bicyclic) bond motifs is 1. The van der Waals surface area contributed by atoms with E-state index in [0.29, 0.717) is 5.75 Å². The monoisotopic (exact) mass is 355 g/mol. The predicted molar refractivity (Wildman–Crippen MR) is 94.7 cm³/mol. The molecule has 5 nitrogen and oxygen atoms in total. The molecule has 0 unspecified atom stereocenters. The Morgan fingerprint density at radius 2 is 2.04 bits per heavy atom. The number of halogens is 1. The van der Waals surface area contributed by atoms with Gasteiger partial charge in [0.15, 0.2) is 0 Å². The van der Waals surface area contributed by atoms with E-state index in [1.54, 1.807) is 6.07 Å². The molecule has 25 heavy (non-hydrogen) atoms. The van der Waals surface area contributed by atoms with Crippen molar-refractivity contribution < 1.29 is 14.0 Å². The minimum absolute atomic E-state index is 0.111. The lowest BCUT2D eigenvalue weighted by molar-refractivity contribution is -0.121. The third-order valence-electron chi connectivity index (χ3n) is 4.03. The second-order valence-electron chi connectivity index (χ2n) is 5.75. The lowest BCUT2D eigenvalue weighted by Crippen LogP contribution is -2.31. The highest BCUT2D eigenvalue weighted by atomic mass is 32.2. The van der Waals surface area contributed by atoms with E-state index in [4.69, 9.17) is 0 Å². The Bertz CT molecular complexity index is 939. The quantitative estimate of drug-likeness (QED) is 0.730. The molecule has 1 fully saturated rings. The fourth-order valence-electron chi connectivity index (χ4n) is 2.87. The van der Waals surface area contributed by atoms with Gasteiger partial charge in [0.25, 0.3) is 0 Å². The van der Waals surface area contributed by atoms with E-state index in [2.05, 4.69) is 9.97 Å². The number of amides is 2. The molecule has 2 amide bonds. The number of carbonyl (C=O) groups is 2. The summed E-state index contributed by atoms with van der Waals surface area (Å²) in [5, 5.41) is -0.482. The van der Waals surface area contributed by atoms with Gasteiger partial charge in [-0.1, -0.05) is 18.2 Å². The highest BCUT2D eigenvalue weighted by Crippen LogP contribution is 2.31. The molecule has 0 radical (unpaired) electrons. The summed E-state index contributed by atoms with van der Waals surface area (Å²) in [6.07, 6.45) is 0.111. The molecule has 7 heteroatoms. The van der Waals surface area contributed by atoms with Crippen LogP contribution < -0.4 is 4.90 Å². The van der Waals surface area contributed by atoms with Crippen molar-refractivity contribution >= 4 is 40.3 Å². The predicted octanol–water partition coefficient (Wildman–Crippen LogP) is 3.27. The first-order chi connectivity index (χ1) is 12.1. The molecule has 1 saturated heterocycles. The molecule has 4 rings (SSSR count). The number of thioether (sulfide) groups is 1. The molecular formula is C18H14FN3O2S. The molecule has 0 bridgehead atoms. The molecule has 1 aliphatic rings. The van der Waals surface area contributed by atoms with Gasteiger partial charge in [-0.05, 0) is 30.3 Å². The van der Waals surface area contributed by atoms with Crippen LogP contribution in [0.1, 0.15) is 12.2 Å². The molecule has 0 aliphatic carbocycles. The van der Waals surface area contributed by atoms with E-state index in [9.17, 15) is 14.0 Å². The largest absolute Gasteiger partial charge is 0.341 e. The fourth-order valence-corrected chi connectivity index (χ4v) is 3.88. The van der Waals surface area contributed by atoms with Crippen molar-refractivity contribution in [1.82, 2.24) is 9.97 Å². The van der Waals surface area contributed by atoms with Crippen LogP contribution in [0.4, 0.5) is 10.1 Å². The minimum Gasteiger partial charge on any atom is -0.341 e. The number of imide groups is 1. The van der Waals surface area contributed by atoms with Gasteiger partial charge in [0.05, 0.1) is 27.7 Å². The van der Waals surface area contributed by atoms with Crippen LogP contribution in [0, 0.1) is 5.82 Å². The second kappa shape index (κ2) is 6.33. The molecule has 3 aromatic rings. The lowest BCUT2D eigenvalue weighted by Gasteiger charge is -2.14. The van der Waals surface area contributed by atoms with E-state index in [-0.39, 0.29) is 23.9 Å². The Balaban J connectivity index is 1.48. The van der Waals surface area contributed by atoms with Crippen molar-refractivity contribution in [3.8, 4) is 0 Å². The number of para-hydroxylation sites is 2. The van der Waals surface area contributed by atoms with Crippen LogP contribution in [0.2, 0.25) is 0 Å². The number of H-pyrrole nitrogens is 1. The fraction of sp³-hybridized carbons (Fsp3) is 0.167. The van der Waals surface area contributed by atoms with Crippen LogP contribution in [-0.4, -0.2) is 27.0 Å². The lowest BCUT2D eigenvalue weighted by atomic mass is 10.3. The van der Waals surface area contributed by atoms with E-state index in [1.807, 2.05) is 24.3 Å². The van der Waals surface area contributed by atoms with Crippen LogP contribution in [-0.2, 0) is 15.3 Å². The SMILES string of the molecule is O=C1C[C@@H](SCc2nc3ccccc3[nH]2)C(=O)N1c1cccc(F)c1. The molecule has 1 aliphatic heterocycles. The maximum Gasteiger partial charge on any atom is 0.247 e. The Hall–Kier alpha value is -2.67. The van der Waals surface area contributed by atoms with Crippen molar-refractivity contribution in [3.05, 3.63) is 60.2 Å². The van der Waals surface area contributed by atoms with Gasteiger partial charge >= 0.3 is 0 Å². The number of carbonyl (C=O) groups excluding carboxylic acids is 2. The zero-order valence-electron chi connectivity index (χ0n) is 13.1. The number of hydrogen-bond acceptors (Lipinski definition) is 4. The molecule has 1 aromatic heterocycles. The maximum absolute atomic E-state index is 13.4. The number of nitrogens with one attached hydrogen (secondary N) is 1. The Kier molecular flexibility index (Phi) is 4.01. The summed E-state index contributed by atoms with van der Waals surface area (Å²) in [6, 6.07) is 13.2. The van der Waals surface area contributed by atoms with Crippen LogP contribution in [0.3, 0.4) is 0 Å². The number of benzene rings is 2. The van der Waals surface area contributed by atoms with Crippen LogP contribution >= 0.6 is 11.8 Å². The summed E-state index contributed by atoms with van der Waals surface area (Å²) in [4.78, 5) is 33.5. The minimum atomic E-state index is -0.482. The van der Waals surface area contributed by atoms with Gasteiger partial charge < -0.3 is 4.98 Å². The van der Waals surface area contributed by atoms with Gasteiger partial charge in [0.1, 0.15) is 11.6 Å². The summed E-state index contributed by atoms with van der Waals surface area (Å²) in [6.45, 7) is 0. The molecule has 0 spiro atoms. The average Bonchev–Trinajstić information content (AvgIpc) is 3.13. The van der Waals surface area contributed by atoms with Gasteiger partial charge in [-0.15, -0.1) is 11.8 Å². The summed E-state index contributed by atoms with van der Waals surface area (Å²) >= 11 is 1.37. The van der Waals surface area contributed by atoms with Crippen molar-refractivity contribution in [3.63, 3.8) is 0 Å². The van der Waals surface area contributed by atoms with Crippen molar-refractivity contribution in [1.29, 1.82) is 0 Å². The van der Waals surface area contributed by atoms with Gasteiger partial charge in [-0.25, -0.2) is 14.3 Å². The van der Waals surface area contributed by atoms with E-state index in [1.165, 1.54) is 30.0 Å². The molecule has 1 N–H and O–H groups in total. The third-order valence-corrected chi connectivity index (χ3v) is 5.24. The summed E-state index contributed by atoms with van der Waals surface area (Å²) in [5.74, 6) is 0.163. The highest BCUT2D eigenvalue weighted by Gasteiger charge is 2.39. The number of anilines is 1. The van der Waals surface area contributed by atoms with Crippen LogP contribution in [0.5, 0.6) is 0 Å². The zero-order valence-corrected chi connectivity index (χ0v) is 13.9. The topological polar surface area (TPSA) is 66.1 Å². The molecular weight excluding hydrogens is 341 g/mol. The Labute approximate surface area is 147 Å². The normalized spacial score (nSPS) is 17.6. The van der Waals surface area contributed by atoms with Crippen LogP contribution in [0.15, 0.2) is 48.5 Å². The first-order valence-electron chi connectivity index (χ1n) is 7.79. The van der Waals surface area contributed by atoms with E-state index < -0.39 is 11.1 Å². The number of rotatable bonds is 4. The average molecular weight is 355 g/mol. The zero-order chi connectivity index (χ0) is 17.4. The van der Waals surface area contributed by atoms with E-state index in [0.717, 1.165) is 21.8 Å². The summed E-state index contributed by atoms with van der Waals surface area (Å²) in [5.41, 5.74) is 2.09. The van der Waals surface area contributed by atoms with Gasteiger partial charge in [-0.2, -0.15) is 0 Å². The third kappa shape index (κ3) is 3.02. The van der Waals surface area contributed by atoms with Gasteiger partial charge in [0.2, 0.25) is 11.8 Å². The van der Waals surface area contributed by atoms with Gasteiger partial charge in [0, 0.05) is 6.42 Å². The summed E-state index contributed by atoms with van der Waals surface area (Å²) < 4.78 is 13.4. The van der Waals surface area contributed by atoms with Crippen molar-refractivity contribution in [2.45, 2.75) is 17.4 Å². The van der Waals surface area contributed by atoms with Crippen molar-refractivity contribution in [2.24, 2.45) is 0 Å².